The van der Waals surface area contributed by atoms with Gasteiger partial charge in [0.25, 0.3) is 0 Å². The first-order valence-electron chi connectivity index (χ1n) is 5.42. The van der Waals surface area contributed by atoms with Crippen molar-refractivity contribution in [3.8, 4) is 0 Å². The van der Waals surface area contributed by atoms with Crippen molar-refractivity contribution in [3.63, 3.8) is 0 Å². The highest BCUT2D eigenvalue weighted by molar-refractivity contribution is 7.89. The van der Waals surface area contributed by atoms with Gasteiger partial charge in [0, 0.05) is 5.92 Å². The average Bonchev–Trinajstić information content (AvgIpc) is 2.93. The SMILES string of the molecule is CC1CC1C(=O)Nc1cc(F)ccc1S(N)(=O)=O. The minimum atomic E-state index is -4.00. The Morgan fingerprint density at radius 2 is 2.11 bits per heavy atom. The number of nitrogens with one attached hydrogen (secondary N) is 1. The third-order valence-electron chi connectivity index (χ3n) is 2.95. The number of nitrogens with two attached hydrogens (primary N) is 1. The first-order chi connectivity index (χ1) is 8.29. The summed E-state index contributed by atoms with van der Waals surface area (Å²) in [6.45, 7) is 1.91. The summed E-state index contributed by atoms with van der Waals surface area (Å²) < 4.78 is 35.7. The number of halogens is 1. The van der Waals surface area contributed by atoms with Gasteiger partial charge in [0.05, 0.1) is 5.69 Å². The number of benzene rings is 1. The van der Waals surface area contributed by atoms with E-state index in [0.717, 1.165) is 24.6 Å². The van der Waals surface area contributed by atoms with E-state index in [2.05, 4.69) is 5.32 Å². The van der Waals surface area contributed by atoms with Crippen molar-refractivity contribution in [2.75, 3.05) is 5.32 Å². The molecule has 0 aromatic heterocycles. The molecule has 3 N–H and O–H groups in total. The summed E-state index contributed by atoms with van der Waals surface area (Å²) in [4.78, 5) is 11.4. The van der Waals surface area contributed by atoms with Crippen LogP contribution in [0.5, 0.6) is 0 Å². The predicted molar refractivity (Wildman–Crippen MR) is 63.7 cm³/mol. The number of primary sulfonamides is 1. The van der Waals surface area contributed by atoms with Crippen LogP contribution in [0.25, 0.3) is 0 Å². The third-order valence-corrected chi connectivity index (χ3v) is 3.92. The lowest BCUT2D eigenvalue weighted by atomic mass is 10.2. The van der Waals surface area contributed by atoms with Gasteiger partial charge in [0.1, 0.15) is 10.7 Å². The first kappa shape index (κ1) is 13.0. The monoisotopic (exact) mass is 272 g/mol. The van der Waals surface area contributed by atoms with Crippen LogP contribution in [-0.4, -0.2) is 14.3 Å². The summed E-state index contributed by atoms with van der Waals surface area (Å²) in [6, 6.07) is 2.97. The van der Waals surface area contributed by atoms with E-state index < -0.39 is 15.8 Å². The molecule has 0 aliphatic heterocycles. The molecule has 0 spiro atoms. The highest BCUT2D eigenvalue weighted by atomic mass is 32.2. The molecule has 0 saturated heterocycles. The maximum Gasteiger partial charge on any atom is 0.240 e. The zero-order valence-electron chi connectivity index (χ0n) is 9.68. The maximum absolute atomic E-state index is 13.1. The second-order valence-electron chi connectivity index (χ2n) is 4.49. The number of anilines is 1. The number of carbonyl (C=O) groups excluding carboxylic acids is 1. The van der Waals surface area contributed by atoms with E-state index >= 15 is 0 Å². The Morgan fingerprint density at radius 3 is 2.61 bits per heavy atom. The van der Waals surface area contributed by atoms with Gasteiger partial charge in [0.2, 0.25) is 15.9 Å². The molecule has 2 rings (SSSR count). The van der Waals surface area contributed by atoms with Crippen LogP contribution in [0, 0.1) is 17.7 Å². The Labute approximate surface area is 104 Å². The minimum absolute atomic E-state index is 0.110. The molecule has 1 saturated carbocycles. The molecule has 98 valence electrons. The van der Waals surface area contributed by atoms with Crippen molar-refractivity contribution in [1.29, 1.82) is 0 Å². The second-order valence-corrected chi connectivity index (χ2v) is 6.02. The van der Waals surface area contributed by atoms with Crippen LogP contribution in [0.3, 0.4) is 0 Å². The molecular formula is C11H13FN2O3S. The van der Waals surface area contributed by atoms with Crippen molar-refractivity contribution in [1.82, 2.24) is 0 Å². The highest BCUT2D eigenvalue weighted by Gasteiger charge is 2.39. The Morgan fingerprint density at radius 1 is 1.50 bits per heavy atom. The molecule has 1 amide bonds. The summed E-state index contributed by atoms with van der Waals surface area (Å²) in [5, 5.41) is 7.41. The molecule has 1 aromatic carbocycles. The van der Waals surface area contributed by atoms with Gasteiger partial charge in [-0.2, -0.15) is 0 Å². The highest BCUT2D eigenvalue weighted by Crippen LogP contribution is 2.38. The first-order valence-corrected chi connectivity index (χ1v) is 6.97. The maximum atomic E-state index is 13.1. The van der Waals surface area contributed by atoms with E-state index in [1.54, 1.807) is 0 Å². The fourth-order valence-corrected chi connectivity index (χ4v) is 2.44. The molecule has 5 nitrogen and oxygen atoms in total. The smallest absolute Gasteiger partial charge is 0.240 e. The quantitative estimate of drug-likeness (QED) is 0.862. The van der Waals surface area contributed by atoms with Gasteiger partial charge in [-0.15, -0.1) is 0 Å². The fraction of sp³-hybridized carbons (Fsp3) is 0.364. The molecule has 2 unspecified atom stereocenters. The van der Waals surface area contributed by atoms with E-state index in [9.17, 15) is 17.6 Å². The molecule has 1 aliphatic carbocycles. The van der Waals surface area contributed by atoms with Crippen LogP contribution in [0.2, 0.25) is 0 Å². The standard InChI is InChI=1S/C11H13FN2O3S/c1-6-4-8(6)11(15)14-9-5-7(12)2-3-10(9)18(13,16)17/h2-3,5-6,8H,4H2,1H3,(H,14,15)(H2,13,16,17). The largest absolute Gasteiger partial charge is 0.325 e. The number of rotatable bonds is 3. The Balaban J connectivity index is 2.31. The molecule has 1 fully saturated rings. The third kappa shape index (κ3) is 2.68. The number of hydrogen-bond acceptors (Lipinski definition) is 3. The van der Waals surface area contributed by atoms with Gasteiger partial charge in [-0.05, 0) is 30.5 Å². The molecule has 18 heavy (non-hydrogen) atoms. The summed E-state index contributed by atoms with van der Waals surface area (Å²) >= 11 is 0. The normalized spacial score (nSPS) is 22.6. The van der Waals surface area contributed by atoms with Crippen LogP contribution in [0.4, 0.5) is 10.1 Å². The Hall–Kier alpha value is -1.47. The van der Waals surface area contributed by atoms with Gasteiger partial charge in [0.15, 0.2) is 0 Å². The average molecular weight is 272 g/mol. The van der Waals surface area contributed by atoms with Gasteiger partial charge in [-0.25, -0.2) is 17.9 Å². The van der Waals surface area contributed by atoms with E-state index in [-0.39, 0.29) is 28.3 Å². The van der Waals surface area contributed by atoms with Crippen molar-refractivity contribution in [3.05, 3.63) is 24.0 Å². The molecule has 0 bridgehead atoms. The molecule has 1 aromatic rings. The lowest BCUT2D eigenvalue weighted by Crippen LogP contribution is -2.19. The number of carbonyl (C=O) groups is 1. The van der Waals surface area contributed by atoms with E-state index in [0.29, 0.717) is 0 Å². The zero-order chi connectivity index (χ0) is 13.5. The lowest BCUT2D eigenvalue weighted by molar-refractivity contribution is -0.117. The van der Waals surface area contributed by atoms with E-state index in [1.807, 2.05) is 6.92 Å². The van der Waals surface area contributed by atoms with Crippen LogP contribution >= 0.6 is 0 Å². The Kier molecular flexibility index (Phi) is 3.12. The van der Waals surface area contributed by atoms with Crippen LogP contribution in [0.15, 0.2) is 23.1 Å². The number of amides is 1. The zero-order valence-corrected chi connectivity index (χ0v) is 10.5. The topological polar surface area (TPSA) is 89.3 Å². The number of hydrogen-bond donors (Lipinski definition) is 2. The van der Waals surface area contributed by atoms with Gasteiger partial charge in [-0.3, -0.25) is 4.79 Å². The van der Waals surface area contributed by atoms with Crippen molar-refractivity contribution in [2.45, 2.75) is 18.2 Å². The summed E-state index contributed by atoms with van der Waals surface area (Å²) in [5.74, 6) is -0.808. The molecule has 7 heteroatoms. The van der Waals surface area contributed by atoms with E-state index in [1.165, 1.54) is 0 Å². The van der Waals surface area contributed by atoms with Crippen LogP contribution in [0.1, 0.15) is 13.3 Å². The lowest BCUT2D eigenvalue weighted by Gasteiger charge is -2.09. The molecule has 2 atom stereocenters. The number of sulfonamides is 1. The molecule has 0 radical (unpaired) electrons. The van der Waals surface area contributed by atoms with Gasteiger partial charge < -0.3 is 5.32 Å². The minimum Gasteiger partial charge on any atom is -0.325 e. The summed E-state index contributed by atoms with van der Waals surface area (Å²) in [5.41, 5.74) is -0.110. The van der Waals surface area contributed by atoms with Gasteiger partial charge >= 0.3 is 0 Å². The van der Waals surface area contributed by atoms with Gasteiger partial charge in [-0.1, -0.05) is 6.92 Å². The predicted octanol–water partition coefficient (Wildman–Crippen LogP) is 1.07. The Bertz CT molecular complexity index is 600. The van der Waals surface area contributed by atoms with Crippen LogP contribution < -0.4 is 10.5 Å². The molecule has 0 heterocycles. The summed E-state index contributed by atoms with van der Waals surface area (Å²) in [6.07, 6.45) is 0.756. The fourth-order valence-electron chi connectivity index (χ4n) is 1.76. The van der Waals surface area contributed by atoms with Crippen molar-refractivity contribution in [2.24, 2.45) is 17.0 Å². The molecule has 1 aliphatic rings. The van der Waals surface area contributed by atoms with Crippen molar-refractivity contribution >= 4 is 21.6 Å². The van der Waals surface area contributed by atoms with E-state index in [4.69, 9.17) is 5.14 Å². The summed E-state index contributed by atoms with van der Waals surface area (Å²) in [7, 11) is -4.00. The van der Waals surface area contributed by atoms with Crippen LogP contribution in [-0.2, 0) is 14.8 Å². The van der Waals surface area contributed by atoms with Crippen molar-refractivity contribution < 1.29 is 17.6 Å². The second kappa shape index (κ2) is 4.33. The molecular weight excluding hydrogens is 259 g/mol.